The lowest BCUT2D eigenvalue weighted by Gasteiger charge is -2.36. The second-order valence-electron chi connectivity index (χ2n) is 9.04. The Bertz CT molecular complexity index is 594. The van der Waals surface area contributed by atoms with Crippen LogP contribution in [0, 0.1) is 11.8 Å². The molecule has 0 spiro atoms. The van der Waals surface area contributed by atoms with Crippen molar-refractivity contribution in [2.24, 2.45) is 11.8 Å². The third kappa shape index (κ3) is 8.06. The number of nitrogens with one attached hydrogen (secondary N) is 1. The molecule has 29 heavy (non-hydrogen) atoms. The first kappa shape index (κ1) is 26.2. The Morgan fingerprint density at radius 3 is 2.28 bits per heavy atom. The highest BCUT2D eigenvalue weighted by Crippen LogP contribution is 2.46. The van der Waals surface area contributed by atoms with Crippen molar-refractivity contribution in [3.8, 4) is 0 Å². The molecule has 1 aliphatic heterocycles. The Kier molecular flexibility index (Phi) is 9.90. The molecule has 3 atom stereocenters. The molecular formula is C21H41N2O5P. The van der Waals surface area contributed by atoms with Crippen LogP contribution < -0.4 is 5.32 Å². The van der Waals surface area contributed by atoms with Crippen LogP contribution in [0.5, 0.6) is 0 Å². The van der Waals surface area contributed by atoms with Crippen molar-refractivity contribution >= 4 is 7.60 Å². The lowest BCUT2D eigenvalue weighted by atomic mass is 9.94. The first-order chi connectivity index (χ1) is 13.3. The SMILES string of the molecule is C=C(NC(C)(C)C)C1CC(OCOCP(=O)(OC)OC)CN1C(=C)C(C)C(C)C. The Morgan fingerprint density at radius 1 is 1.21 bits per heavy atom. The molecule has 0 amide bonds. The Balaban J connectivity index is 2.77. The minimum absolute atomic E-state index is 0.0212. The van der Waals surface area contributed by atoms with E-state index in [0.29, 0.717) is 18.4 Å². The van der Waals surface area contributed by atoms with Crippen LogP contribution in [0.15, 0.2) is 24.6 Å². The first-order valence-corrected chi connectivity index (χ1v) is 11.9. The molecule has 0 aromatic rings. The minimum atomic E-state index is -3.20. The molecule has 7 nitrogen and oxygen atoms in total. The van der Waals surface area contributed by atoms with Gasteiger partial charge in [0.1, 0.15) is 6.79 Å². The summed E-state index contributed by atoms with van der Waals surface area (Å²) in [6, 6.07) is 0.0944. The smallest absolute Gasteiger partial charge is 0.355 e. The molecule has 0 aromatic heterocycles. The standard InChI is InChI=1S/C21H41N2O5P/c1-15(2)16(3)18(5)23-12-19(11-20(23)17(4)22-21(6,7)8)28-13-27-14-29(24,25-9)26-10/h15-16,19-20,22H,4-5,11-14H2,1-3,6-10H3. The number of allylic oxidation sites excluding steroid dienone is 1. The van der Waals surface area contributed by atoms with Crippen molar-refractivity contribution in [3.05, 3.63) is 24.6 Å². The van der Waals surface area contributed by atoms with Crippen LogP contribution >= 0.6 is 7.60 Å². The maximum Gasteiger partial charge on any atom is 0.355 e. The van der Waals surface area contributed by atoms with Gasteiger partial charge in [-0.3, -0.25) is 4.57 Å². The highest BCUT2D eigenvalue weighted by atomic mass is 31.2. The van der Waals surface area contributed by atoms with E-state index < -0.39 is 7.60 Å². The van der Waals surface area contributed by atoms with Crippen molar-refractivity contribution in [2.75, 3.05) is 33.9 Å². The zero-order chi connectivity index (χ0) is 22.4. The average molecular weight is 433 g/mol. The van der Waals surface area contributed by atoms with E-state index in [9.17, 15) is 4.57 Å². The van der Waals surface area contributed by atoms with E-state index in [1.54, 1.807) is 0 Å². The van der Waals surface area contributed by atoms with Gasteiger partial charge in [-0.05, 0) is 32.6 Å². The summed E-state index contributed by atoms with van der Waals surface area (Å²) < 4.78 is 33.1. The molecular weight excluding hydrogens is 391 g/mol. The molecule has 170 valence electrons. The van der Waals surface area contributed by atoms with Crippen LogP contribution in [-0.2, 0) is 23.1 Å². The van der Waals surface area contributed by atoms with Gasteiger partial charge < -0.3 is 28.7 Å². The molecule has 0 bridgehead atoms. The maximum atomic E-state index is 12.0. The fourth-order valence-corrected chi connectivity index (χ4v) is 3.91. The van der Waals surface area contributed by atoms with Crippen LogP contribution in [0.25, 0.3) is 0 Å². The fourth-order valence-electron chi connectivity index (χ4n) is 3.25. The first-order valence-electron chi connectivity index (χ1n) is 10.2. The predicted octanol–water partition coefficient (Wildman–Crippen LogP) is 4.57. The average Bonchev–Trinajstić information content (AvgIpc) is 3.06. The quantitative estimate of drug-likeness (QED) is 0.275. The topological polar surface area (TPSA) is 69.3 Å². The molecule has 3 unspecified atom stereocenters. The van der Waals surface area contributed by atoms with Crippen molar-refractivity contribution in [1.29, 1.82) is 0 Å². The minimum Gasteiger partial charge on any atom is -0.383 e. The zero-order valence-electron chi connectivity index (χ0n) is 19.5. The van der Waals surface area contributed by atoms with Gasteiger partial charge in [0.2, 0.25) is 0 Å². The third-order valence-electron chi connectivity index (χ3n) is 5.29. The van der Waals surface area contributed by atoms with Gasteiger partial charge in [0.25, 0.3) is 0 Å². The number of hydrogen-bond donors (Lipinski definition) is 1. The van der Waals surface area contributed by atoms with E-state index >= 15 is 0 Å². The van der Waals surface area contributed by atoms with Gasteiger partial charge in [-0.15, -0.1) is 0 Å². The molecule has 1 rings (SSSR count). The van der Waals surface area contributed by atoms with E-state index in [0.717, 1.165) is 17.8 Å². The van der Waals surface area contributed by atoms with E-state index in [1.165, 1.54) is 14.2 Å². The lowest BCUT2D eigenvalue weighted by molar-refractivity contribution is -0.0762. The van der Waals surface area contributed by atoms with Crippen molar-refractivity contribution in [3.63, 3.8) is 0 Å². The van der Waals surface area contributed by atoms with Crippen molar-refractivity contribution < 1.29 is 23.1 Å². The van der Waals surface area contributed by atoms with Crippen LogP contribution in [-0.4, -0.2) is 56.5 Å². The highest BCUT2D eigenvalue weighted by molar-refractivity contribution is 7.53. The van der Waals surface area contributed by atoms with Gasteiger partial charge in [-0.2, -0.15) is 0 Å². The van der Waals surface area contributed by atoms with E-state index in [-0.39, 0.29) is 30.8 Å². The summed E-state index contributed by atoms with van der Waals surface area (Å²) in [7, 11) is -0.523. The summed E-state index contributed by atoms with van der Waals surface area (Å²) in [6.45, 7) is 22.4. The van der Waals surface area contributed by atoms with Crippen LogP contribution in [0.1, 0.15) is 48.0 Å². The molecule has 1 heterocycles. The van der Waals surface area contributed by atoms with E-state index in [1.807, 2.05) is 0 Å². The number of ether oxygens (including phenoxy) is 2. The number of hydrogen-bond acceptors (Lipinski definition) is 7. The van der Waals surface area contributed by atoms with Gasteiger partial charge >= 0.3 is 7.60 Å². The van der Waals surface area contributed by atoms with E-state index in [2.05, 4.69) is 64.9 Å². The summed E-state index contributed by atoms with van der Waals surface area (Å²) in [5.41, 5.74) is 1.99. The summed E-state index contributed by atoms with van der Waals surface area (Å²) in [4.78, 5) is 2.30. The second-order valence-corrected chi connectivity index (χ2v) is 11.3. The Labute approximate surface area is 177 Å². The summed E-state index contributed by atoms with van der Waals surface area (Å²) >= 11 is 0. The normalized spacial score (nSPS) is 21.5. The molecule has 0 radical (unpaired) electrons. The maximum absolute atomic E-state index is 12.0. The van der Waals surface area contributed by atoms with Gasteiger partial charge in [0.15, 0.2) is 6.35 Å². The molecule has 0 saturated carbocycles. The third-order valence-corrected chi connectivity index (χ3v) is 6.90. The predicted molar refractivity (Wildman–Crippen MR) is 118 cm³/mol. The van der Waals surface area contributed by atoms with Gasteiger partial charge in [0, 0.05) is 44.1 Å². The largest absolute Gasteiger partial charge is 0.383 e. The monoisotopic (exact) mass is 432 g/mol. The highest BCUT2D eigenvalue weighted by Gasteiger charge is 2.37. The van der Waals surface area contributed by atoms with Crippen LogP contribution in [0.2, 0.25) is 0 Å². The van der Waals surface area contributed by atoms with Gasteiger partial charge in [-0.25, -0.2) is 0 Å². The van der Waals surface area contributed by atoms with Gasteiger partial charge in [-0.1, -0.05) is 33.9 Å². The van der Waals surface area contributed by atoms with E-state index in [4.69, 9.17) is 18.5 Å². The van der Waals surface area contributed by atoms with Crippen molar-refractivity contribution in [1.82, 2.24) is 10.2 Å². The molecule has 0 aliphatic carbocycles. The van der Waals surface area contributed by atoms with Crippen LogP contribution in [0.4, 0.5) is 0 Å². The van der Waals surface area contributed by atoms with Gasteiger partial charge in [0.05, 0.1) is 12.1 Å². The molecule has 1 fully saturated rings. The fraction of sp³-hybridized carbons (Fsp3) is 0.810. The van der Waals surface area contributed by atoms with Crippen LogP contribution in [0.3, 0.4) is 0 Å². The summed E-state index contributed by atoms with van der Waals surface area (Å²) in [6.07, 6.45) is 0.593. The molecule has 0 aromatic carbocycles. The summed E-state index contributed by atoms with van der Waals surface area (Å²) in [5, 5.41) is 3.50. The Hall–Kier alpha value is -0.850. The molecule has 1 N–H and O–H groups in total. The molecule has 1 saturated heterocycles. The second kappa shape index (κ2) is 11.0. The molecule has 8 heteroatoms. The molecule has 1 aliphatic rings. The zero-order valence-corrected chi connectivity index (χ0v) is 20.4. The number of likely N-dealkylation sites (tertiary alicyclic amines) is 1. The number of nitrogens with zero attached hydrogens (tertiary/aromatic N) is 1. The number of rotatable bonds is 12. The lowest BCUT2D eigenvalue weighted by Crippen LogP contribution is -2.43. The van der Waals surface area contributed by atoms with Crippen molar-refractivity contribution in [2.45, 2.75) is 65.6 Å². The summed E-state index contributed by atoms with van der Waals surface area (Å²) in [5.74, 6) is 0.844. The Morgan fingerprint density at radius 2 is 1.79 bits per heavy atom.